The maximum atomic E-state index is 12.7. The van der Waals surface area contributed by atoms with Gasteiger partial charge in [-0.3, -0.25) is 4.79 Å². The minimum absolute atomic E-state index is 0.191. The van der Waals surface area contributed by atoms with Gasteiger partial charge < -0.3 is 20.3 Å². The molecule has 23 heavy (non-hydrogen) atoms. The molecule has 2 aliphatic rings. The van der Waals surface area contributed by atoms with Gasteiger partial charge in [0.25, 0.3) is 0 Å². The van der Waals surface area contributed by atoms with Crippen molar-refractivity contribution in [1.29, 1.82) is 0 Å². The van der Waals surface area contributed by atoms with Gasteiger partial charge in [-0.05, 0) is 13.3 Å². The Bertz CT molecular complexity index is 725. The number of benzene rings is 1. The Kier molecular flexibility index (Phi) is 3.54. The highest BCUT2D eigenvalue weighted by Crippen LogP contribution is 2.51. The summed E-state index contributed by atoms with van der Waals surface area (Å²) in [6, 6.07) is 6.37. The lowest BCUT2D eigenvalue weighted by molar-refractivity contribution is -0.147. The highest BCUT2D eigenvalue weighted by molar-refractivity contribution is 6.16. The van der Waals surface area contributed by atoms with E-state index in [1.165, 1.54) is 13.0 Å². The Morgan fingerprint density at radius 1 is 1.30 bits per heavy atom. The number of ether oxygens (including phenoxy) is 1. The zero-order valence-electron chi connectivity index (χ0n) is 13.0. The first kappa shape index (κ1) is 15.7. The number of carbonyl (C=O) groups is 2. The molecule has 1 aromatic rings. The van der Waals surface area contributed by atoms with Crippen LogP contribution in [0.1, 0.15) is 42.6 Å². The van der Waals surface area contributed by atoms with Crippen LogP contribution in [0, 0.1) is 0 Å². The van der Waals surface area contributed by atoms with E-state index in [2.05, 4.69) is 5.32 Å². The van der Waals surface area contributed by atoms with Gasteiger partial charge in [0.1, 0.15) is 5.57 Å². The summed E-state index contributed by atoms with van der Waals surface area (Å²) in [6.45, 7) is 3.68. The second kappa shape index (κ2) is 5.18. The van der Waals surface area contributed by atoms with E-state index in [0.717, 1.165) is 6.42 Å². The Morgan fingerprint density at radius 2 is 2.00 bits per heavy atom. The minimum atomic E-state index is -2.37. The Morgan fingerprint density at radius 3 is 2.70 bits per heavy atom. The first-order valence-electron chi connectivity index (χ1n) is 7.63. The van der Waals surface area contributed by atoms with Crippen molar-refractivity contribution >= 4 is 11.8 Å². The number of unbranched alkanes of at least 4 members (excludes halogenated alkanes) is 1. The van der Waals surface area contributed by atoms with Crippen LogP contribution in [-0.4, -0.2) is 34.2 Å². The Labute approximate surface area is 133 Å². The first-order valence-corrected chi connectivity index (χ1v) is 7.63. The molecule has 1 heterocycles. The second-order valence-corrected chi connectivity index (χ2v) is 5.91. The predicted molar refractivity (Wildman–Crippen MR) is 81.3 cm³/mol. The van der Waals surface area contributed by atoms with Gasteiger partial charge in [0.05, 0.1) is 6.61 Å². The molecular formula is C17H19NO5. The average molecular weight is 317 g/mol. The molecule has 3 rings (SSSR count). The fraction of sp³-hybridized carbons (Fsp3) is 0.412. The van der Waals surface area contributed by atoms with Crippen LogP contribution < -0.4 is 5.32 Å². The van der Waals surface area contributed by atoms with Crippen LogP contribution in [-0.2, 0) is 15.3 Å². The lowest BCUT2D eigenvalue weighted by atomic mass is 9.85. The number of Topliss-reactive ketones (excluding diaryl/α,β-unsaturated/α-hetero) is 1. The number of aliphatic hydroxyl groups is 2. The van der Waals surface area contributed by atoms with Crippen LogP contribution in [0.15, 0.2) is 35.5 Å². The summed E-state index contributed by atoms with van der Waals surface area (Å²) in [5, 5.41) is 24.7. The third-order valence-corrected chi connectivity index (χ3v) is 4.45. The van der Waals surface area contributed by atoms with Crippen LogP contribution in [0.4, 0.5) is 0 Å². The number of fused-ring (bicyclic) bond motifs is 3. The largest absolute Gasteiger partial charge is 0.462 e. The van der Waals surface area contributed by atoms with E-state index >= 15 is 0 Å². The van der Waals surface area contributed by atoms with Gasteiger partial charge >= 0.3 is 5.97 Å². The van der Waals surface area contributed by atoms with Crippen molar-refractivity contribution in [2.45, 2.75) is 38.0 Å². The number of carbonyl (C=O) groups excluding carboxylic acids is 2. The molecule has 6 nitrogen and oxygen atoms in total. The molecule has 3 N–H and O–H groups in total. The fourth-order valence-electron chi connectivity index (χ4n) is 3.29. The Hall–Kier alpha value is -2.18. The molecule has 0 amide bonds. The van der Waals surface area contributed by atoms with Crippen LogP contribution in [0.3, 0.4) is 0 Å². The van der Waals surface area contributed by atoms with E-state index in [4.69, 9.17) is 4.74 Å². The molecule has 0 saturated heterocycles. The van der Waals surface area contributed by atoms with Crippen LogP contribution >= 0.6 is 0 Å². The number of ketones is 1. The third-order valence-electron chi connectivity index (χ3n) is 4.45. The zero-order chi connectivity index (χ0) is 16.8. The molecule has 0 spiro atoms. The molecule has 122 valence electrons. The summed E-state index contributed by atoms with van der Waals surface area (Å²) < 4.78 is 5.14. The molecule has 0 radical (unpaired) electrons. The van der Waals surface area contributed by atoms with Crippen molar-refractivity contribution in [2.75, 3.05) is 6.61 Å². The molecule has 1 aliphatic heterocycles. The van der Waals surface area contributed by atoms with Crippen molar-refractivity contribution < 1.29 is 24.5 Å². The van der Waals surface area contributed by atoms with E-state index in [1.807, 2.05) is 6.92 Å². The van der Waals surface area contributed by atoms with E-state index in [9.17, 15) is 19.8 Å². The third kappa shape index (κ3) is 1.88. The van der Waals surface area contributed by atoms with Gasteiger partial charge in [-0.25, -0.2) is 4.79 Å². The average Bonchev–Trinajstić information content (AvgIpc) is 2.83. The molecule has 0 fully saturated rings. The summed E-state index contributed by atoms with van der Waals surface area (Å²) in [4.78, 5) is 25.1. The van der Waals surface area contributed by atoms with Crippen molar-refractivity contribution in [2.24, 2.45) is 0 Å². The molecule has 0 unspecified atom stereocenters. The molecule has 0 aromatic heterocycles. The van der Waals surface area contributed by atoms with E-state index in [0.29, 0.717) is 6.42 Å². The summed E-state index contributed by atoms with van der Waals surface area (Å²) in [5.74, 6) is -1.49. The normalized spacial score (nSPS) is 28.4. The van der Waals surface area contributed by atoms with E-state index in [-0.39, 0.29) is 29.0 Å². The quantitative estimate of drug-likeness (QED) is 0.566. The van der Waals surface area contributed by atoms with E-state index < -0.39 is 23.1 Å². The van der Waals surface area contributed by atoms with Gasteiger partial charge in [-0.15, -0.1) is 0 Å². The SMILES string of the molecule is CCCCOC(=O)C1=C(C)N[C@@]2(O)c3ccccc3C(=O)[C@@]12O. The summed E-state index contributed by atoms with van der Waals surface area (Å²) in [7, 11) is 0. The molecule has 0 bridgehead atoms. The minimum Gasteiger partial charge on any atom is -0.462 e. The number of hydrogen-bond acceptors (Lipinski definition) is 6. The van der Waals surface area contributed by atoms with Crippen LogP contribution in [0.25, 0.3) is 0 Å². The standard InChI is InChI=1S/C17H19NO5/c1-3-4-9-23-15(20)13-10(2)18-17(22)12-8-6-5-7-11(12)14(19)16(13,17)21/h5-8,18,21-22H,3-4,9H2,1-2H3/t16-,17+/m0/s1. The molecule has 1 aromatic carbocycles. The lowest BCUT2D eigenvalue weighted by Gasteiger charge is -2.31. The number of hydrogen-bond donors (Lipinski definition) is 3. The highest BCUT2D eigenvalue weighted by Gasteiger charge is 2.70. The van der Waals surface area contributed by atoms with Gasteiger partial charge in [0.2, 0.25) is 17.1 Å². The number of nitrogens with one attached hydrogen (secondary N) is 1. The van der Waals surface area contributed by atoms with Crippen molar-refractivity contribution in [3.05, 3.63) is 46.7 Å². The monoisotopic (exact) mass is 317 g/mol. The predicted octanol–water partition coefficient (Wildman–Crippen LogP) is 0.980. The van der Waals surface area contributed by atoms with Crippen LogP contribution in [0.2, 0.25) is 0 Å². The molecule has 6 heteroatoms. The van der Waals surface area contributed by atoms with Crippen molar-refractivity contribution in [3.8, 4) is 0 Å². The zero-order valence-corrected chi connectivity index (χ0v) is 13.0. The van der Waals surface area contributed by atoms with Crippen molar-refractivity contribution in [3.63, 3.8) is 0 Å². The van der Waals surface area contributed by atoms with E-state index in [1.54, 1.807) is 18.2 Å². The molecular weight excluding hydrogens is 298 g/mol. The lowest BCUT2D eigenvalue weighted by Crippen LogP contribution is -2.56. The highest BCUT2D eigenvalue weighted by atomic mass is 16.5. The maximum Gasteiger partial charge on any atom is 0.339 e. The second-order valence-electron chi connectivity index (χ2n) is 5.91. The first-order chi connectivity index (χ1) is 10.9. The fourth-order valence-corrected chi connectivity index (χ4v) is 3.29. The van der Waals surface area contributed by atoms with Crippen LogP contribution in [0.5, 0.6) is 0 Å². The van der Waals surface area contributed by atoms with Gasteiger partial charge in [-0.1, -0.05) is 37.6 Å². The Balaban J connectivity index is 2.04. The smallest absolute Gasteiger partial charge is 0.339 e. The summed E-state index contributed by atoms with van der Waals surface area (Å²) >= 11 is 0. The van der Waals surface area contributed by atoms with Gasteiger partial charge in [-0.2, -0.15) is 0 Å². The summed E-state index contributed by atoms with van der Waals surface area (Å²) in [5.41, 5.74) is -3.97. The summed E-state index contributed by atoms with van der Waals surface area (Å²) in [6.07, 6.45) is 1.53. The molecule has 2 atom stereocenters. The molecule has 1 aliphatic carbocycles. The van der Waals surface area contributed by atoms with Gasteiger partial charge in [0, 0.05) is 16.8 Å². The number of esters is 1. The molecule has 0 saturated carbocycles. The number of rotatable bonds is 4. The number of allylic oxidation sites excluding steroid dienone is 1. The van der Waals surface area contributed by atoms with Gasteiger partial charge in [0.15, 0.2) is 0 Å². The maximum absolute atomic E-state index is 12.7. The topological polar surface area (TPSA) is 95.9 Å². The van der Waals surface area contributed by atoms with Crippen molar-refractivity contribution in [1.82, 2.24) is 5.32 Å².